The van der Waals surface area contributed by atoms with Crippen LogP contribution in [0.2, 0.25) is 0 Å². The summed E-state index contributed by atoms with van der Waals surface area (Å²) in [4.78, 5) is 19.0. The Morgan fingerprint density at radius 3 is 3.04 bits per heavy atom. The fraction of sp³-hybridized carbons (Fsp3) is 0.444. The Balaban J connectivity index is 1.24. The van der Waals surface area contributed by atoms with Gasteiger partial charge in [-0.05, 0) is 48.2 Å². The summed E-state index contributed by atoms with van der Waals surface area (Å²) in [6, 6.07) is 7.10. The van der Waals surface area contributed by atoms with Crippen LogP contribution in [-0.2, 0) is 4.79 Å². The quantitative estimate of drug-likeness (QED) is 0.634. The van der Waals surface area contributed by atoms with Gasteiger partial charge in [-0.2, -0.15) is 4.98 Å². The van der Waals surface area contributed by atoms with Crippen LogP contribution in [0.4, 0.5) is 0 Å². The fourth-order valence-electron chi connectivity index (χ4n) is 3.44. The topological polar surface area (TPSA) is 112 Å². The van der Waals surface area contributed by atoms with Gasteiger partial charge >= 0.3 is 0 Å². The molecule has 1 saturated carbocycles. The number of likely N-dealkylation sites (tertiary alicyclic amines) is 1. The van der Waals surface area contributed by atoms with Crippen LogP contribution in [0.5, 0.6) is 5.75 Å². The molecule has 1 atom stereocenters. The van der Waals surface area contributed by atoms with Gasteiger partial charge in [0.15, 0.2) is 12.4 Å². The predicted octanol–water partition coefficient (Wildman–Crippen LogP) is 1.67. The Bertz CT molecular complexity index is 967. The van der Waals surface area contributed by atoms with Crippen molar-refractivity contribution < 1.29 is 14.1 Å². The van der Waals surface area contributed by atoms with E-state index >= 15 is 0 Å². The number of aromatic nitrogens is 6. The molecule has 1 aromatic carbocycles. The van der Waals surface area contributed by atoms with Gasteiger partial charge in [0, 0.05) is 18.5 Å². The van der Waals surface area contributed by atoms with Crippen molar-refractivity contribution in [3.05, 3.63) is 42.3 Å². The average molecular weight is 381 g/mol. The standard InChI is InChI=1S/C18H19N7O3/c26-16(10-27-14-4-1-3-13(9-14)25-11-19-22-23-25)24-8-2-5-15(24)18-20-17(21-28-18)12-6-7-12/h1,3-4,9,11-12,15H,2,5-8,10H2/t15-/m0/s1. The SMILES string of the molecule is O=C(COc1cccc(-n2cnnn2)c1)N1CCC[C@H]1c1nc(C2CC2)no1. The molecule has 0 spiro atoms. The van der Waals surface area contributed by atoms with Crippen molar-refractivity contribution in [1.82, 2.24) is 35.2 Å². The molecule has 2 aliphatic rings. The third-order valence-electron chi connectivity index (χ3n) is 5.05. The summed E-state index contributed by atoms with van der Waals surface area (Å²) in [5, 5.41) is 15.2. The number of hydrogen-bond acceptors (Lipinski definition) is 8. The lowest BCUT2D eigenvalue weighted by atomic mass is 10.2. The van der Waals surface area contributed by atoms with Gasteiger partial charge in [0.25, 0.3) is 5.91 Å². The average Bonchev–Trinajstić information content (AvgIpc) is 3.15. The molecular formula is C18H19N7O3. The van der Waals surface area contributed by atoms with E-state index < -0.39 is 0 Å². The molecule has 5 rings (SSSR count). The summed E-state index contributed by atoms with van der Waals surface area (Å²) in [7, 11) is 0. The van der Waals surface area contributed by atoms with Crippen molar-refractivity contribution >= 4 is 5.91 Å². The fourth-order valence-corrected chi connectivity index (χ4v) is 3.44. The molecule has 0 N–H and O–H groups in total. The Morgan fingerprint density at radius 2 is 2.21 bits per heavy atom. The molecule has 1 aliphatic heterocycles. The van der Waals surface area contributed by atoms with Crippen molar-refractivity contribution in [2.45, 2.75) is 37.6 Å². The molecule has 2 aromatic heterocycles. The van der Waals surface area contributed by atoms with Crippen LogP contribution < -0.4 is 4.74 Å². The molecule has 144 valence electrons. The van der Waals surface area contributed by atoms with Crippen LogP contribution in [0.25, 0.3) is 5.69 Å². The predicted molar refractivity (Wildman–Crippen MR) is 94.6 cm³/mol. The van der Waals surface area contributed by atoms with Crippen molar-refractivity contribution in [3.63, 3.8) is 0 Å². The molecule has 0 unspecified atom stereocenters. The van der Waals surface area contributed by atoms with E-state index in [-0.39, 0.29) is 18.6 Å². The van der Waals surface area contributed by atoms with E-state index in [4.69, 9.17) is 9.26 Å². The maximum Gasteiger partial charge on any atom is 0.261 e. The van der Waals surface area contributed by atoms with Crippen molar-refractivity contribution in [1.29, 1.82) is 0 Å². The highest BCUT2D eigenvalue weighted by Gasteiger charge is 2.36. The summed E-state index contributed by atoms with van der Waals surface area (Å²) in [6.45, 7) is 0.609. The lowest BCUT2D eigenvalue weighted by Gasteiger charge is -2.22. The van der Waals surface area contributed by atoms with E-state index in [0.717, 1.165) is 37.2 Å². The Morgan fingerprint density at radius 1 is 1.29 bits per heavy atom. The first-order valence-corrected chi connectivity index (χ1v) is 9.37. The highest BCUT2D eigenvalue weighted by atomic mass is 16.5. The monoisotopic (exact) mass is 381 g/mol. The number of hydrogen-bond donors (Lipinski definition) is 0. The smallest absolute Gasteiger partial charge is 0.261 e. The molecule has 3 aromatic rings. The van der Waals surface area contributed by atoms with Crippen LogP contribution in [-0.4, -0.2) is 54.3 Å². The zero-order valence-electron chi connectivity index (χ0n) is 15.1. The first-order valence-electron chi connectivity index (χ1n) is 9.37. The second-order valence-corrected chi connectivity index (χ2v) is 7.05. The van der Waals surface area contributed by atoms with E-state index in [9.17, 15) is 4.79 Å². The van der Waals surface area contributed by atoms with E-state index in [1.165, 1.54) is 11.0 Å². The van der Waals surface area contributed by atoms with E-state index in [0.29, 0.717) is 24.1 Å². The maximum atomic E-state index is 12.7. The van der Waals surface area contributed by atoms with Crippen molar-refractivity contribution in [2.75, 3.05) is 13.2 Å². The molecule has 2 fully saturated rings. The van der Waals surface area contributed by atoms with E-state index in [1.54, 1.807) is 17.0 Å². The van der Waals surface area contributed by atoms with Gasteiger partial charge in [0.1, 0.15) is 18.1 Å². The van der Waals surface area contributed by atoms with E-state index in [2.05, 4.69) is 25.7 Å². The van der Waals surface area contributed by atoms with Gasteiger partial charge in [-0.3, -0.25) is 4.79 Å². The molecular weight excluding hydrogens is 362 g/mol. The van der Waals surface area contributed by atoms with Crippen LogP contribution in [0.3, 0.4) is 0 Å². The molecule has 1 saturated heterocycles. The number of ether oxygens (including phenoxy) is 1. The normalized spacial score (nSPS) is 19.1. The van der Waals surface area contributed by atoms with Gasteiger partial charge in [-0.15, -0.1) is 5.10 Å². The highest BCUT2D eigenvalue weighted by Crippen LogP contribution is 2.39. The summed E-state index contributed by atoms with van der Waals surface area (Å²) in [5.41, 5.74) is 0.757. The number of tetrazole rings is 1. The Hall–Kier alpha value is -3.30. The lowest BCUT2D eigenvalue weighted by molar-refractivity contribution is -0.134. The molecule has 1 amide bonds. The van der Waals surface area contributed by atoms with E-state index in [1.807, 2.05) is 12.1 Å². The third kappa shape index (κ3) is 3.32. The van der Waals surface area contributed by atoms with Gasteiger partial charge in [-0.25, -0.2) is 4.68 Å². The molecule has 0 bridgehead atoms. The first-order chi connectivity index (χ1) is 13.8. The van der Waals surface area contributed by atoms with Gasteiger partial charge in [0.05, 0.1) is 5.69 Å². The van der Waals surface area contributed by atoms with Crippen LogP contribution in [0.1, 0.15) is 49.4 Å². The molecule has 10 heteroatoms. The maximum absolute atomic E-state index is 12.7. The van der Waals surface area contributed by atoms with Crippen LogP contribution in [0.15, 0.2) is 35.1 Å². The summed E-state index contributed by atoms with van der Waals surface area (Å²) < 4.78 is 12.7. The number of carbonyl (C=O) groups is 1. The molecule has 10 nitrogen and oxygen atoms in total. The molecule has 28 heavy (non-hydrogen) atoms. The van der Waals surface area contributed by atoms with Crippen LogP contribution >= 0.6 is 0 Å². The van der Waals surface area contributed by atoms with Crippen molar-refractivity contribution in [3.8, 4) is 11.4 Å². The minimum Gasteiger partial charge on any atom is -0.484 e. The second-order valence-electron chi connectivity index (χ2n) is 7.05. The van der Waals surface area contributed by atoms with Crippen molar-refractivity contribution in [2.24, 2.45) is 0 Å². The molecule has 0 radical (unpaired) electrons. The van der Waals surface area contributed by atoms with Gasteiger partial charge < -0.3 is 14.2 Å². The number of nitrogens with zero attached hydrogens (tertiary/aromatic N) is 7. The minimum absolute atomic E-state index is 0.0564. The Labute approximate surface area is 160 Å². The largest absolute Gasteiger partial charge is 0.484 e. The second kappa shape index (κ2) is 7.02. The zero-order chi connectivity index (χ0) is 18.9. The van der Waals surface area contributed by atoms with Gasteiger partial charge in [0.2, 0.25) is 5.89 Å². The number of benzene rings is 1. The lowest BCUT2D eigenvalue weighted by Crippen LogP contribution is -2.34. The summed E-state index contributed by atoms with van der Waals surface area (Å²) >= 11 is 0. The number of amides is 1. The molecule has 1 aliphatic carbocycles. The summed E-state index contributed by atoms with van der Waals surface area (Å²) in [5.74, 6) is 2.21. The van der Waals surface area contributed by atoms with Gasteiger partial charge in [-0.1, -0.05) is 11.2 Å². The third-order valence-corrected chi connectivity index (χ3v) is 5.05. The highest BCUT2D eigenvalue weighted by molar-refractivity contribution is 5.78. The van der Waals surface area contributed by atoms with Crippen LogP contribution in [0, 0.1) is 0 Å². The zero-order valence-corrected chi connectivity index (χ0v) is 15.1. The Kier molecular flexibility index (Phi) is 4.22. The molecule has 3 heterocycles. The summed E-state index contributed by atoms with van der Waals surface area (Å²) in [6.07, 6.45) is 5.46. The number of rotatable bonds is 6. The number of carbonyl (C=O) groups excluding carboxylic acids is 1. The minimum atomic E-state index is -0.163. The first kappa shape index (κ1) is 16.8.